The molecule has 5 nitrogen and oxygen atoms in total. The standard InChI is InChI=1S/C31H21F3N4O/c1-20-11-13-22(14-12-20)30(39)38-27-10-6-5-9-26(27)35-29(38)25-19-37(24-7-3-2-4-8-24)36-28(25)21-15-17-23(18-16-21)31(32,33)34/h2-19H,1H3. The summed E-state index contributed by atoms with van der Waals surface area (Å²) in [6.07, 6.45) is -2.71. The molecule has 8 heteroatoms. The van der Waals surface area contributed by atoms with E-state index in [1.165, 1.54) is 12.1 Å². The molecule has 0 aliphatic heterocycles. The number of imidazole rings is 1. The minimum Gasteiger partial charge on any atom is -0.268 e. The van der Waals surface area contributed by atoms with E-state index in [9.17, 15) is 18.0 Å². The summed E-state index contributed by atoms with van der Waals surface area (Å²) in [5.74, 6) is 0.0726. The Kier molecular flexibility index (Phi) is 5.87. The number of para-hydroxylation sites is 3. The number of carbonyl (C=O) groups excluding carboxylic acids is 1. The number of aryl methyl sites for hydroxylation is 1. The molecule has 0 saturated carbocycles. The number of halogens is 3. The van der Waals surface area contributed by atoms with Gasteiger partial charge in [0.05, 0.1) is 27.8 Å². The summed E-state index contributed by atoms with van der Waals surface area (Å²) in [4.78, 5) is 18.7. The lowest BCUT2D eigenvalue weighted by atomic mass is 10.1. The highest BCUT2D eigenvalue weighted by molar-refractivity contribution is 6.04. The van der Waals surface area contributed by atoms with Crippen LogP contribution in [0.25, 0.3) is 39.4 Å². The van der Waals surface area contributed by atoms with Crippen molar-refractivity contribution in [1.82, 2.24) is 19.3 Å². The molecule has 0 bridgehead atoms. The van der Waals surface area contributed by atoms with Crippen molar-refractivity contribution in [2.75, 3.05) is 0 Å². The molecule has 0 aliphatic carbocycles. The van der Waals surface area contributed by atoms with Gasteiger partial charge in [-0.2, -0.15) is 18.3 Å². The molecule has 6 rings (SSSR count). The number of hydrogen-bond acceptors (Lipinski definition) is 3. The average Bonchev–Trinajstić information content (AvgIpc) is 3.55. The van der Waals surface area contributed by atoms with Gasteiger partial charge < -0.3 is 0 Å². The Morgan fingerprint density at radius 2 is 1.46 bits per heavy atom. The highest BCUT2D eigenvalue weighted by atomic mass is 19.4. The Hall–Kier alpha value is -4.98. The first-order chi connectivity index (χ1) is 18.8. The molecule has 0 N–H and O–H groups in total. The van der Waals surface area contributed by atoms with Crippen molar-refractivity contribution in [3.05, 3.63) is 126 Å². The number of alkyl halides is 3. The first-order valence-corrected chi connectivity index (χ1v) is 12.2. The van der Waals surface area contributed by atoms with Crippen molar-refractivity contribution >= 4 is 16.9 Å². The highest BCUT2D eigenvalue weighted by Gasteiger charge is 2.30. The number of aromatic nitrogens is 4. The van der Waals surface area contributed by atoms with Crippen LogP contribution in [0.3, 0.4) is 0 Å². The van der Waals surface area contributed by atoms with Gasteiger partial charge in [0, 0.05) is 17.3 Å². The Bertz CT molecular complexity index is 1800. The second kappa shape index (κ2) is 9.40. The van der Waals surface area contributed by atoms with Crippen LogP contribution in [-0.4, -0.2) is 25.2 Å². The SMILES string of the molecule is Cc1ccc(C(=O)n2c(-c3cn(-c4ccccc4)nc3-c3ccc(C(F)(F)F)cc3)nc3ccccc32)cc1. The van der Waals surface area contributed by atoms with Gasteiger partial charge in [-0.25, -0.2) is 9.67 Å². The van der Waals surface area contributed by atoms with Gasteiger partial charge in [0.15, 0.2) is 5.82 Å². The molecule has 6 aromatic rings. The van der Waals surface area contributed by atoms with Gasteiger partial charge in [0.2, 0.25) is 0 Å². The molecule has 0 spiro atoms. The molecule has 0 unspecified atom stereocenters. The molecule has 0 aliphatic rings. The van der Waals surface area contributed by atoms with E-state index in [0.717, 1.165) is 23.4 Å². The van der Waals surface area contributed by atoms with Crippen LogP contribution in [0.2, 0.25) is 0 Å². The average molecular weight is 523 g/mol. The van der Waals surface area contributed by atoms with Crippen molar-refractivity contribution in [3.8, 4) is 28.3 Å². The van der Waals surface area contributed by atoms with Crippen molar-refractivity contribution in [2.24, 2.45) is 0 Å². The number of benzene rings is 4. The zero-order valence-corrected chi connectivity index (χ0v) is 20.7. The summed E-state index contributed by atoms with van der Waals surface area (Å²) >= 11 is 0. The molecule has 0 amide bonds. The van der Waals surface area contributed by atoms with E-state index < -0.39 is 11.7 Å². The maximum atomic E-state index is 13.9. The molecule has 0 radical (unpaired) electrons. The Morgan fingerprint density at radius 1 is 0.795 bits per heavy atom. The normalized spacial score (nSPS) is 11.7. The summed E-state index contributed by atoms with van der Waals surface area (Å²) in [6, 6.07) is 28.7. The first kappa shape index (κ1) is 24.4. The molecule has 192 valence electrons. The third-order valence-corrected chi connectivity index (χ3v) is 6.52. The number of hydrogen-bond donors (Lipinski definition) is 0. The van der Waals surface area contributed by atoms with Crippen LogP contribution >= 0.6 is 0 Å². The fourth-order valence-corrected chi connectivity index (χ4v) is 4.52. The minimum absolute atomic E-state index is 0.274. The smallest absolute Gasteiger partial charge is 0.268 e. The topological polar surface area (TPSA) is 52.7 Å². The highest BCUT2D eigenvalue weighted by Crippen LogP contribution is 2.36. The fraction of sp³-hybridized carbons (Fsp3) is 0.0645. The molecule has 2 heterocycles. The second-order valence-corrected chi connectivity index (χ2v) is 9.18. The molecule has 0 fully saturated rings. The summed E-state index contributed by atoms with van der Waals surface area (Å²) in [7, 11) is 0. The number of rotatable bonds is 4. The van der Waals surface area contributed by atoms with Crippen LogP contribution in [0.15, 0.2) is 109 Å². The third kappa shape index (κ3) is 4.50. The lowest BCUT2D eigenvalue weighted by molar-refractivity contribution is -0.137. The van der Waals surface area contributed by atoms with E-state index in [4.69, 9.17) is 10.1 Å². The van der Waals surface area contributed by atoms with E-state index >= 15 is 0 Å². The zero-order chi connectivity index (χ0) is 27.1. The summed E-state index contributed by atoms with van der Waals surface area (Å²) in [6.45, 7) is 1.95. The molecule has 39 heavy (non-hydrogen) atoms. The summed E-state index contributed by atoms with van der Waals surface area (Å²) in [5.41, 5.74) is 4.11. The predicted molar refractivity (Wildman–Crippen MR) is 144 cm³/mol. The van der Waals surface area contributed by atoms with Crippen LogP contribution < -0.4 is 0 Å². The van der Waals surface area contributed by atoms with Gasteiger partial charge in [0.1, 0.15) is 5.69 Å². The van der Waals surface area contributed by atoms with Crippen LogP contribution in [0.1, 0.15) is 21.5 Å². The fourth-order valence-electron chi connectivity index (χ4n) is 4.52. The maximum Gasteiger partial charge on any atom is 0.416 e. The lowest BCUT2D eigenvalue weighted by Gasteiger charge is -2.10. The van der Waals surface area contributed by atoms with Gasteiger partial charge in [-0.05, 0) is 55.5 Å². The van der Waals surface area contributed by atoms with E-state index in [-0.39, 0.29) is 5.91 Å². The number of nitrogens with zero attached hydrogens (tertiary/aromatic N) is 4. The Morgan fingerprint density at radius 3 is 2.15 bits per heavy atom. The molecular formula is C31H21F3N4O. The molecule has 0 atom stereocenters. The van der Waals surface area contributed by atoms with Crippen molar-refractivity contribution in [3.63, 3.8) is 0 Å². The van der Waals surface area contributed by atoms with E-state index in [1.54, 1.807) is 27.6 Å². The Balaban J connectivity index is 1.59. The monoisotopic (exact) mass is 522 g/mol. The van der Waals surface area contributed by atoms with Crippen LogP contribution in [0.4, 0.5) is 13.2 Å². The lowest BCUT2D eigenvalue weighted by Crippen LogP contribution is -2.13. The predicted octanol–water partition coefficient (Wildman–Crippen LogP) is 7.57. The largest absolute Gasteiger partial charge is 0.416 e. The quantitative estimate of drug-likeness (QED) is 0.240. The van der Waals surface area contributed by atoms with Crippen molar-refractivity contribution in [1.29, 1.82) is 0 Å². The van der Waals surface area contributed by atoms with Crippen molar-refractivity contribution in [2.45, 2.75) is 13.1 Å². The van der Waals surface area contributed by atoms with E-state index in [2.05, 4.69) is 0 Å². The van der Waals surface area contributed by atoms with E-state index in [1.807, 2.05) is 73.7 Å². The third-order valence-electron chi connectivity index (χ3n) is 6.52. The van der Waals surface area contributed by atoms with E-state index in [0.29, 0.717) is 39.2 Å². The second-order valence-electron chi connectivity index (χ2n) is 9.18. The Labute approximate surface area is 221 Å². The van der Waals surface area contributed by atoms with Crippen molar-refractivity contribution < 1.29 is 18.0 Å². The van der Waals surface area contributed by atoms with Gasteiger partial charge in [-0.3, -0.25) is 9.36 Å². The molecule has 0 saturated heterocycles. The van der Waals surface area contributed by atoms with Gasteiger partial charge in [-0.15, -0.1) is 0 Å². The molecule has 2 aromatic heterocycles. The maximum absolute atomic E-state index is 13.9. The van der Waals surface area contributed by atoms with Crippen LogP contribution in [-0.2, 0) is 6.18 Å². The number of carbonyl (C=O) groups is 1. The van der Waals surface area contributed by atoms with Crippen LogP contribution in [0, 0.1) is 6.92 Å². The number of fused-ring (bicyclic) bond motifs is 1. The molecule has 4 aromatic carbocycles. The first-order valence-electron chi connectivity index (χ1n) is 12.2. The van der Waals surface area contributed by atoms with Gasteiger partial charge in [0.25, 0.3) is 5.91 Å². The zero-order valence-electron chi connectivity index (χ0n) is 20.7. The molecular weight excluding hydrogens is 501 g/mol. The minimum atomic E-state index is -4.46. The van der Waals surface area contributed by atoms with Gasteiger partial charge in [-0.1, -0.05) is 60.2 Å². The summed E-state index contributed by atoms with van der Waals surface area (Å²) in [5, 5.41) is 4.74. The van der Waals surface area contributed by atoms with Crippen LogP contribution in [0.5, 0.6) is 0 Å². The van der Waals surface area contributed by atoms with Gasteiger partial charge >= 0.3 is 6.18 Å². The summed E-state index contributed by atoms with van der Waals surface area (Å²) < 4.78 is 43.0.